The van der Waals surface area contributed by atoms with Gasteiger partial charge in [0.05, 0.1) is 18.2 Å². The summed E-state index contributed by atoms with van der Waals surface area (Å²) < 4.78 is 9.34. The molecule has 0 atom stereocenters. The molecule has 0 amide bonds. The molecule has 2 heterocycles. The molecule has 2 aromatic carbocycles. The van der Waals surface area contributed by atoms with E-state index in [1.165, 1.54) is 11.6 Å². The third-order valence-electron chi connectivity index (χ3n) is 4.68. The lowest BCUT2D eigenvalue weighted by Gasteiger charge is -2.11. The Morgan fingerprint density at radius 2 is 1.62 bits per heavy atom. The summed E-state index contributed by atoms with van der Waals surface area (Å²) in [7, 11) is 4.63. The average molecular weight is 389 g/mol. The first-order valence-corrected chi connectivity index (χ1v) is 8.93. The number of nitrogens with zero attached hydrogens (tertiary/aromatic N) is 5. The normalized spacial score (nSPS) is 11.8. The van der Waals surface area contributed by atoms with Gasteiger partial charge in [-0.2, -0.15) is 4.98 Å². The zero-order valence-corrected chi connectivity index (χ0v) is 16.2. The van der Waals surface area contributed by atoms with E-state index in [0.29, 0.717) is 16.7 Å². The summed E-state index contributed by atoms with van der Waals surface area (Å²) in [5, 5.41) is 0.326. The topological polar surface area (TPSA) is 83.4 Å². The van der Waals surface area contributed by atoms with E-state index in [-0.39, 0.29) is 5.65 Å². The zero-order chi connectivity index (χ0) is 20.5. The summed E-state index contributed by atoms with van der Waals surface area (Å²) in [6.07, 6.45) is 1.67. The fourth-order valence-electron chi connectivity index (χ4n) is 3.07. The van der Waals surface area contributed by atoms with Gasteiger partial charge in [0.2, 0.25) is 5.62 Å². The summed E-state index contributed by atoms with van der Waals surface area (Å²) in [5.41, 5.74) is 1.23. The number of hydrogen-bond acceptors (Lipinski definition) is 5. The Balaban J connectivity index is 2.09. The number of rotatable bonds is 3. The molecule has 0 fully saturated rings. The fourth-order valence-corrected chi connectivity index (χ4v) is 3.07. The summed E-state index contributed by atoms with van der Waals surface area (Å²) in [4.78, 5) is 34.2. The predicted molar refractivity (Wildman–Crippen MR) is 110 cm³/mol. The van der Waals surface area contributed by atoms with Gasteiger partial charge in [-0.3, -0.25) is 18.5 Å². The van der Waals surface area contributed by atoms with Crippen molar-refractivity contribution in [3.63, 3.8) is 0 Å². The summed E-state index contributed by atoms with van der Waals surface area (Å²) in [6, 6.07) is 16.7. The lowest BCUT2D eigenvalue weighted by atomic mass is 10.3. The Kier molecular flexibility index (Phi) is 4.59. The molecule has 4 aromatic rings. The Morgan fingerprint density at radius 3 is 2.28 bits per heavy atom. The summed E-state index contributed by atoms with van der Waals surface area (Å²) in [6.45, 7) is 0. The van der Waals surface area contributed by atoms with Crippen LogP contribution in [-0.4, -0.2) is 25.8 Å². The largest absolute Gasteiger partial charge is 0.497 e. The van der Waals surface area contributed by atoms with Crippen LogP contribution in [0.15, 0.2) is 75.4 Å². The highest BCUT2D eigenvalue weighted by molar-refractivity contribution is 5.72. The number of benzene rings is 2. The van der Waals surface area contributed by atoms with Gasteiger partial charge in [-0.05, 0) is 36.4 Å². The molecule has 0 aliphatic rings. The van der Waals surface area contributed by atoms with E-state index in [0.717, 1.165) is 16.0 Å². The molecule has 4 rings (SSSR count). The number of ether oxygens (including phenoxy) is 1. The first-order valence-electron chi connectivity index (χ1n) is 8.93. The number of hydrogen-bond donors (Lipinski definition) is 0. The first kappa shape index (κ1) is 18.4. The lowest BCUT2D eigenvalue weighted by Crippen LogP contribution is -2.39. The van der Waals surface area contributed by atoms with Crippen LogP contribution in [0.3, 0.4) is 0 Å². The molecule has 0 saturated heterocycles. The van der Waals surface area contributed by atoms with Gasteiger partial charge >= 0.3 is 5.69 Å². The number of para-hydroxylation sites is 1. The maximum Gasteiger partial charge on any atom is 0.332 e. The molecule has 0 aliphatic heterocycles. The second-order valence-electron chi connectivity index (χ2n) is 6.50. The first-order chi connectivity index (χ1) is 14.0. The number of aryl methyl sites for hydroxylation is 1. The van der Waals surface area contributed by atoms with Gasteiger partial charge in [-0.25, -0.2) is 9.79 Å². The minimum absolute atomic E-state index is 0.276. The maximum absolute atomic E-state index is 12.7. The SMILES string of the molecule is COc1ccc(N=c2nc3c(cn2-c2ccccc2)c(=O)n(C)c(=O)n3C)cc1. The Hall–Kier alpha value is -3.94. The van der Waals surface area contributed by atoms with E-state index >= 15 is 0 Å². The summed E-state index contributed by atoms with van der Waals surface area (Å²) in [5.74, 6) is 0.720. The Morgan fingerprint density at radius 1 is 0.931 bits per heavy atom. The van der Waals surface area contributed by atoms with Crippen molar-refractivity contribution in [3.05, 3.63) is 87.3 Å². The van der Waals surface area contributed by atoms with Crippen molar-refractivity contribution in [3.8, 4) is 11.4 Å². The van der Waals surface area contributed by atoms with E-state index in [4.69, 9.17) is 4.74 Å². The van der Waals surface area contributed by atoms with Crippen molar-refractivity contribution in [2.75, 3.05) is 7.11 Å². The Bertz CT molecular complexity index is 1380. The highest BCUT2D eigenvalue weighted by Crippen LogP contribution is 2.17. The number of fused-ring (bicyclic) bond motifs is 1. The molecule has 0 bridgehead atoms. The molecule has 0 N–H and O–H groups in total. The van der Waals surface area contributed by atoms with Gasteiger partial charge in [0.1, 0.15) is 5.75 Å². The van der Waals surface area contributed by atoms with Crippen molar-refractivity contribution >= 4 is 16.7 Å². The van der Waals surface area contributed by atoms with Crippen molar-refractivity contribution in [2.24, 2.45) is 19.1 Å². The van der Waals surface area contributed by atoms with Crippen molar-refractivity contribution in [1.29, 1.82) is 0 Å². The Labute approximate surface area is 165 Å². The van der Waals surface area contributed by atoms with Crippen molar-refractivity contribution in [2.45, 2.75) is 0 Å². The van der Waals surface area contributed by atoms with E-state index in [1.807, 2.05) is 42.5 Å². The van der Waals surface area contributed by atoms with Crippen LogP contribution in [0.2, 0.25) is 0 Å². The van der Waals surface area contributed by atoms with E-state index in [2.05, 4.69) is 9.98 Å². The molecule has 8 nitrogen and oxygen atoms in total. The van der Waals surface area contributed by atoms with Gasteiger partial charge < -0.3 is 4.74 Å². The minimum atomic E-state index is -0.442. The third kappa shape index (κ3) is 3.25. The van der Waals surface area contributed by atoms with Crippen LogP contribution in [0.25, 0.3) is 16.7 Å². The van der Waals surface area contributed by atoms with Crippen LogP contribution in [-0.2, 0) is 14.1 Å². The molecule has 0 spiro atoms. The average Bonchev–Trinajstić information content (AvgIpc) is 2.77. The number of aromatic nitrogens is 4. The van der Waals surface area contributed by atoms with Gasteiger partial charge in [0.25, 0.3) is 5.56 Å². The third-order valence-corrected chi connectivity index (χ3v) is 4.68. The summed E-state index contributed by atoms with van der Waals surface area (Å²) >= 11 is 0. The molecule has 146 valence electrons. The van der Waals surface area contributed by atoms with Crippen LogP contribution < -0.4 is 21.6 Å². The zero-order valence-electron chi connectivity index (χ0n) is 16.2. The molecule has 8 heteroatoms. The highest BCUT2D eigenvalue weighted by Gasteiger charge is 2.12. The van der Waals surface area contributed by atoms with Crippen LogP contribution in [0, 0.1) is 0 Å². The second-order valence-corrected chi connectivity index (χ2v) is 6.50. The smallest absolute Gasteiger partial charge is 0.332 e. The fraction of sp³-hybridized carbons (Fsp3) is 0.143. The van der Waals surface area contributed by atoms with Crippen molar-refractivity contribution in [1.82, 2.24) is 18.7 Å². The monoisotopic (exact) mass is 389 g/mol. The van der Waals surface area contributed by atoms with E-state index < -0.39 is 11.2 Å². The second kappa shape index (κ2) is 7.23. The van der Waals surface area contributed by atoms with Gasteiger partial charge in [-0.1, -0.05) is 18.2 Å². The molecular formula is C21H19N5O3. The minimum Gasteiger partial charge on any atom is -0.497 e. The molecule has 2 aromatic heterocycles. The predicted octanol–water partition coefficient (Wildman–Crippen LogP) is 1.66. The van der Waals surface area contributed by atoms with Crippen molar-refractivity contribution < 1.29 is 4.74 Å². The van der Waals surface area contributed by atoms with Gasteiger partial charge in [-0.15, -0.1) is 0 Å². The molecule has 29 heavy (non-hydrogen) atoms. The van der Waals surface area contributed by atoms with E-state index in [9.17, 15) is 9.59 Å². The molecule has 0 aliphatic carbocycles. The molecule has 0 saturated carbocycles. The van der Waals surface area contributed by atoms with Crippen LogP contribution in [0.4, 0.5) is 5.69 Å². The van der Waals surface area contributed by atoms with Crippen LogP contribution in [0.5, 0.6) is 5.75 Å². The standard InChI is InChI=1S/C21H19N5O3/c1-24-18-17(19(27)25(2)21(24)28)13-26(15-7-5-4-6-8-15)20(23-18)22-14-9-11-16(29-3)12-10-14/h4-13H,1-3H3. The van der Waals surface area contributed by atoms with Gasteiger partial charge in [0.15, 0.2) is 5.65 Å². The van der Waals surface area contributed by atoms with Gasteiger partial charge in [0, 0.05) is 26.0 Å². The lowest BCUT2D eigenvalue weighted by molar-refractivity contribution is 0.415. The van der Waals surface area contributed by atoms with E-state index in [1.54, 1.807) is 37.1 Å². The van der Waals surface area contributed by atoms with Crippen LogP contribution >= 0.6 is 0 Å². The maximum atomic E-state index is 12.7. The molecule has 0 radical (unpaired) electrons. The molecule has 0 unspecified atom stereocenters. The highest BCUT2D eigenvalue weighted by atomic mass is 16.5. The molecular weight excluding hydrogens is 370 g/mol. The number of methoxy groups -OCH3 is 1. The van der Waals surface area contributed by atoms with Crippen LogP contribution in [0.1, 0.15) is 0 Å². The quantitative estimate of drug-likeness (QED) is 0.534.